The van der Waals surface area contributed by atoms with E-state index >= 15 is 0 Å². The summed E-state index contributed by atoms with van der Waals surface area (Å²) in [6.07, 6.45) is 5.01. The number of hydrogen-bond acceptors (Lipinski definition) is 7. The molecule has 1 saturated heterocycles. The molecule has 9 nitrogen and oxygen atoms in total. The van der Waals surface area contributed by atoms with Crippen LogP contribution in [0.1, 0.15) is 70.0 Å². The Balaban J connectivity index is 1.35. The summed E-state index contributed by atoms with van der Waals surface area (Å²) in [6.45, 7) is 14.4. The van der Waals surface area contributed by atoms with Crippen molar-refractivity contribution >= 4 is 45.9 Å². The topological polar surface area (TPSA) is 95.4 Å². The van der Waals surface area contributed by atoms with Crippen molar-refractivity contribution in [2.24, 2.45) is 0 Å². The van der Waals surface area contributed by atoms with E-state index in [1.54, 1.807) is 22.9 Å². The highest BCUT2D eigenvalue weighted by Gasteiger charge is 2.29. The Morgan fingerprint density at radius 2 is 1.79 bits per heavy atom. The van der Waals surface area contributed by atoms with Gasteiger partial charge < -0.3 is 15.5 Å². The number of anilines is 3. The molecule has 2 aliphatic rings. The number of carbonyl (C=O) groups is 1. The molecule has 48 heavy (non-hydrogen) atoms. The molecule has 1 aliphatic heterocycles. The maximum absolute atomic E-state index is 14.6. The van der Waals surface area contributed by atoms with Gasteiger partial charge in [-0.05, 0) is 88.8 Å². The highest BCUT2D eigenvalue weighted by atomic mass is 35.5. The molecule has 11 heteroatoms. The van der Waals surface area contributed by atoms with E-state index < -0.39 is 5.82 Å². The molecule has 2 N–H and O–H groups in total. The Hall–Kier alpha value is -4.02. The third-order valence-electron chi connectivity index (χ3n) is 10.0. The van der Waals surface area contributed by atoms with Crippen LogP contribution in [-0.2, 0) is 4.79 Å². The Labute approximate surface area is 286 Å². The fourth-order valence-electron chi connectivity index (χ4n) is 7.25. The first-order valence-corrected chi connectivity index (χ1v) is 17.5. The Morgan fingerprint density at radius 1 is 1.06 bits per heavy atom. The van der Waals surface area contributed by atoms with Crippen LogP contribution >= 0.6 is 11.6 Å². The lowest BCUT2D eigenvalue weighted by Gasteiger charge is -2.38. The molecule has 0 atom stereocenters. The molecule has 0 bridgehead atoms. The van der Waals surface area contributed by atoms with E-state index in [0.29, 0.717) is 59.0 Å². The van der Waals surface area contributed by atoms with Crippen LogP contribution in [0.3, 0.4) is 0 Å². The number of piperazine rings is 1. The molecule has 1 amide bonds. The van der Waals surface area contributed by atoms with Gasteiger partial charge in [0.05, 0.1) is 10.6 Å². The van der Waals surface area contributed by atoms with E-state index in [4.69, 9.17) is 16.6 Å². The summed E-state index contributed by atoms with van der Waals surface area (Å²) in [5, 5.41) is 7.08. The minimum absolute atomic E-state index is 0.0276. The number of hydrogen-bond donors (Lipinski definition) is 2. The van der Waals surface area contributed by atoms with Gasteiger partial charge in [0.1, 0.15) is 11.5 Å². The molecule has 3 heterocycles. The van der Waals surface area contributed by atoms with E-state index in [1.165, 1.54) is 11.8 Å². The second kappa shape index (κ2) is 14.2. The zero-order valence-electron chi connectivity index (χ0n) is 28.4. The molecule has 2 fully saturated rings. The summed E-state index contributed by atoms with van der Waals surface area (Å²) in [5.41, 5.74) is 4.83. The van der Waals surface area contributed by atoms with E-state index in [2.05, 4.69) is 58.3 Å². The van der Waals surface area contributed by atoms with Crippen molar-refractivity contribution in [3.63, 3.8) is 0 Å². The molecule has 2 aromatic heterocycles. The molecule has 2 aromatic carbocycles. The summed E-state index contributed by atoms with van der Waals surface area (Å²) in [6, 6.07) is 11.3. The molecule has 1 saturated carbocycles. The lowest BCUT2D eigenvalue weighted by Crippen LogP contribution is -2.49. The van der Waals surface area contributed by atoms with Gasteiger partial charge in [-0.1, -0.05) is 30.7 Å². The van der Waals surface area contributed by atoms with Gasteiger partial charge in [0.2, 0.25) is 11.9 Å². The number of halogens is 2. The van der Waals surface area contributed by atoms with Gasteiger partial charge in [0.15, 0.2) is 0 Å². The number of aryl methyl sites for hydroxylation is 2. The van der Waals surface area contributed by atoms with Gasteiger partial charge in [-0.3, -0.25) is 19.1 Å². The average Bonchev–Trinajstić information content (AvgIpc) is 3.07. The Kier molecular flexibility index (Phi) is 10.0. The predicted octanol–water partition coefficient (Wildman–Crippen LogP) is 7.15. The van der Waals surface area contributed by atoms with E-state index in [9.17, 15) is 14.0 Å². The molecular formula is C37H45ClFN7O2. The normalized spacial score (nSPS) is 18.8. The maximum atomic E-state index is 14.6. The molecular weight excluding hydrogens is 629 g/mol. The number of carbonyl (C=O) groups excluding carboxylic acids is 1. The molecule has 6 rings (SSSR count). The molecule has 0 unspecified atom stereocenters. The highest BCUT2D eigenvalue weighted by molar-refractivity contribution is 6.33. The van der Waals surface area contributed by atoms with Crippen LogP contribution in [-0.4, -0.2) is 63.6 Å². The fraction of sp³-hybridized carbons (Fsp3) is 0.459. The van der Waals surface area contributed by atoms with Gasteiger partial charge in [0.25, 0.3) is 5.56 Å². The van der Waals surface area contributed by atoms with Crippen molar-refractivity contribution in [3.05, 3.63) is 74.9 Å². The molecule has 254 valence electrons. The standard InChI is InChI=1S/C37H45ClFN7O2/c1-6-32(47)41-25-10-13-27(14-11-25)46-35-29(24(5)33(36(46)48)28-8-7-9-30(39)34(28)38)21-40-37(43-35)42-26-12-15-31(23(4)20-26)45-18-16-44(17-19-45)22(2)3/h7-9,12,15,20-22,25,27H,6,10-11,13-14,16-19H2,1-5H3,(H,41,47)(H,40,42,43)/t25-,27+. The van der Waals surface area contributed by atoms with Gasteiger partial charge in [-0.15, -0.1) is 0 Å². The molecule has 4 aromatic rings. The second-order valence-electron chi connectivity index (χ2n) is 13.4. The number of rotatable bonds is 8. The number of nitrogens with one attached hydrogen (secondary N) is 2. The number of benzene rings is 2. The highest BCUT2D eigenvalue weighted by Crippen LogP contribution is 2.36. The fourth-order valence-corrected chi connectivity index (χ4v) is 7.47. The van der Waals surface area contributed by atoms with E-state index in [1.807, 2.05) is 19.9 Å². The third-order valence-corrected chi connectivity index (χ3v) is 10.4. The van der Waals surface area contributed by atoms with Crippen LogP contribution in [0.25, 0.3) is 22.2 Å². The zero-order chi connectivity index (χ0) is 34.1. The van der Waals surface area contributed by atoms with Crippen LogP contribution in [0.2, 0.25) is 5.02 Å². The largest absolute Gasteiger partial charge is 0.369 e. The third kappa shape index (κ3) is 6.78. The molecule has 0 spiro atoms. The van der Waals surface area contributed by atoms with E-state index in [-0.39, 0.29) is 28.6 Å². The number of nitrogens with zero attached hydrogens (tertiary/aromatic N) is 5. The summed E-state index contributed by atoms with van der Waals surface area (Å²) in [7, 11) is 0. The zero-order valence-corrected chi connectivity index (χ0v) is 29.2. The average molecular weight is 674 g/mol. The predicted molar refractivity (Wildman–Crippen MR) is 192 cm³/mol. The Morgan fingerprint density at radius 3 is 2.46 bits per heavy atom. The SMILES string of the molecule is CCC(=O)N[C@H]1CC[C@@H](n2c(=O)c(-c3cccc(F)c3Cl)c(C)c3cnc(Nc4ccc(N5CCN(C(C)C)CC5)c(C)c4)nc32)CC1. The summed E-state index contributed by atoms with van der Waals surface area (Å²) >= 11 is 6.44. The summed E-state index contributed by atoms with van der Waals surface area (Å²) in [5.74, 6) is -0.172. The number of pyridine rings is 1. The van der Waals surface area contributed by atoms with Crippen LogP contribution in [0.5, 0.6) is 0 Å². The number of amides is 1. The molecule has 1 aliphatic carbocycles. The van der Waals surface area contributed by atoms with Gasteiger partial charge in [-0.2, -0.15) is 4.98 Å². The van der Waals surface area contributed by atoms with Gasteiger partial charge in [-0.25, -0.2) is 9.37 Å². The van der Waals surface area contributed by atoms with Gasteiger partial charge in [0, 0.05) is 79.2 Å². The monoisotopic (exact) mass is 673 g/mol. The first kappa shape index (κ1) is 33.9. The van der Waals surface area contributed by atoms with Crippen LogP contribution < -0.4 is 21.1 Å². The van der Waals surface area contributed by atoms with E-state index in [0.717, 1.165) is 50.3 Å². The van der Waals surface area contributed by atoms with Crippen molar-refractivity contribution in [2.75, 3.05) is 36.4 Å². The first-order valence-electron chi connectivity index (χ1n) is 17.1. The van der Waals surface area contributed by atoms with Crippen molar-refractivity contribution in [1.82, 2.24) is 24.8 Å². The first-order chi connectivity index (χ1) is 23.0. The van der Waals surface area contributed by atoms with Crippen molar-refractivity contribution in [3.8, 4) is 11.1 Å². The molecule has 0 radical (unpaired) electrons. The number of aromatic nitrogens is 3. The smallest absolute Gasteiger partial charge is 0.260 e. The minimum Gasteiger partial charge on any atom is -0.369 e. The second-order valence-corrected chi connectivity index (χ2v) is 13.8. The Bertz CT molecular complexity index is 1880. The van der Waals surface area contributed by atoms with Crippen LogP contribution in [0.15, 0.2) is 47.4 Å². The van der Waals surface area contributed by atoms with Crippen molar-refractivity contribution in [2.45, 2.75) is 84.8 Å². The van der Waals surface area contributed by atoms with Crippen molar-refractivity contribution < 1.29 is 9.18 Å². The van der Waals surface area contributed by atoms with Crippen LogP contribution in [0, 0.1) is 19.7 Å². The quantitative estimate of drug-likeness (QED) is 0.205. The summed E-state index contributed by atoms with van der Waals surface area (Å²) in [4.78, 5) is 41.1. The summed E-state index contributed by atoms with van der Waals surface area (Å²) < 4.78 is 16.4. The van der Waals surface area contributed by atoms with Crippen molar-refractivity contribution in [1.29, 1.82) is 0 Å². The number of fused-ring (bicyclic) bond motifs is 1. The lowest BCUT2D eigenvalue weighted by molar-refractivity contribution is -0.121. The van der Waals surface area contributed by atoms with Gasteiger partial charge >= 0.3 is 0 Å². The maximum Gasteiger partial charge on any atom is 0.260 e. The van der Waals surface area contributed by atoms with Crippen LogP contribution in [0.4, 0.5) is 21.7 Å². The minimum atomic E-state index is -0.582. The lowest BCUT2D eigenvalue weighted by atomic mass is 9.90.